The normalized spacial score (nSPS) is 12.8. The number of anilines is 1. The van der Waals surface area contributed by atoms with Crippen LogP contribution >= 0.6 is 0 Å². The summed E-state index contributed by atoms with van der Waals surface area (Å²) in [6.07, 6.45) is 0.234. The summed E-state index contributed by atoms with van der Waals surface area (Å²) in [4.78, 5) is 23.0. The van der Waals surface area contributed by atoms with Gasteiger partial charge >= 0.3 is 5.97 Å². The number of hydrogen-bond donors (Lipinski definition) is 3. The van der Waals surface area contributed by atoms with Gasteiger partial charge in [0.2, 0.25) is 5.91 Å². The number of carboxylic acid groups (broad SMARTS) is 1. The summed E-state index contributed by atoms with van der Waals surface area (Å²) in [5.41, 5.74) is 6.39. The number of amides is 1. The molecule has 0 aliphatic rings. The monoisotopic (exact) mass is 264 g/mol. The zero-order valence-corrected chi connectivity index (χ0v) is 11.4. The summed E-state index contributed by atoms with van der Waals surface area (Å²) < 4.78 is 0. The average Bonchev–Trinajstić information content (AvgIpc) is 2.29. The Morgan fingerprint density at radius 2 is 1.79 bits per heavy atom. The second kappa shape index (κ2) is 5.73. The largest absolute Gasteiger partial charge is 0.480 e. The van der Waals surface area contributed by atoms with E-state index in [1.165, 1.54) is 0 Å². The zero-order chi connectivity index (χ0) is 14.6. The highest BCUT2D eigenvalue weighted by Gasteiger charge is 2.27. The molecule has 4 N–H and O–H groups in total. The van der Waals surface area contributed by atoms with E-state index in [1.807, 2.05) is 0 Å². The first kappa shape index (κ1) is 15.0. The van der Waals surface area contributed by atoms with Gasteiger partial charge in [0.15, 0.2) is 0 Å². The summed E-state index contributed by atoms with van der Waals surface area (Å²) in [5, 5.41) is 11.7. The topological polar surface area (TPSA) is 92.4 Å². The van der Waals surface area contributed by atoms with Crippen molar-refractivity contribution >= 4 is 17.6 Å². The van der Waals surface area contributed by atoms with Crippen molar-refractivity contribution in [3.63, 3.8) is 0 Å². The molecule has 1 amide bonds. The number of rotatable bonds is 4. The van der Waals surface area contributed by atoms with Crippen LogP contribution in [0.2, 0.25) is 0 Å². The van der Waals surface area contributed by atoms with E-state index in [0.29, 0.717) is 5.69 Å². The molecule has 0 aromatic heterocycles. The van der Waals surface area contributed by atoms with Gasteiger partial charge in [-0.2, -0.15) is 0 Å². The van der Waals surface area contributed by atoms with Crippen molar-refractivity contribution in [1.29, 1.82) is 0 Å². The highest BCUT2D eigenvalue weighted by molar-refractivity contribution is 5.86. The average molecular weight is 264 g/mol. The van der Waals surface area contributed by atoms with E-state index in [9.17, 15) is 9.59 Å². The number of carbonyl (C=O) groups is 2. The Balaban J connectivity index is 2.77. The van der Waals surface area contributed by atoms with Crippen LogP contribution in [0.3, 0.4) is 0 Å². The molecule has 1 atom stereocenters. The Morgan fingerprint density at radius 1 is 1.26 bits per heavy atom. The number of nitrogens with one attached hydrogen (secondary N) is 1. The molecule has 1 aromatic carbocycles. The fourth-order valence-electron chi connectivity index (χ4n) is 1.46. The van der Waals surface area contributed by atoms with E-state index in [-0.39, 0.29) is 12.3 Å². The molecule has 1 rings (SSSR count). The Labute approximate surface area is 112 Å². The van der Waals surface area contributed by atoms with Gasteiger partial charge in [-0.05, 0) is 17.7 Å². The van der Waals surface area contributed by atoms with Gasteiger partial charge in [0.05, 0.1) is 0 Å². The maximum Gasteiger partial charge on any atom is 0.326 e. The number of carbonyl (C=O) groups excluding carboxylic acids is 1. The Hall–Kier alpha value is -2.04. The molecular weight excluding hydrogens is 244 g/mol. The molecule has 0 radical (unpaired) electrons. The van der Waals surface area contributed by atoms with Gasteiger partial charge < -0.3 is 16.2 Å². The summed E-state index contributed by atoms with van der Waals surface area (Å²) >= 11 is 0. The standard InChI is InChI=1S/C14H20N2O3/c1-14(2,3)13(19)16-11(12(17)18)8-9-4-6-10(15)7-5-9/h4-7,11H,8,15H2,1-3H3,(H,16,19)(H,17,18)/t11-/m0/s1. The highest BCUT2D eigenvalue weighted by Crippen LogP contribution is 2.14. The fourth-order valence-corrected chi connectivity index (χ4v) is 1.46. The van der Waals surface area contributed by atoms with E-state index >= 15 is 0 Å². The van der Waals surface area contributed by atoms with Gasteiger partial charge in [0, 0.05) is 17.5 Å². The molecule has 0 aliphatic heterocycles. The van der Waals surface area contributed by atoms with Crippen LogP contribution < -0.4 is 11.1 Å². The third-order valence-corrected chi connectivity index (χ3v) is 2.70. The first-order chi connectivity index (χ1) is 8.70. The van der Waals surface area contributed by atoms with Crippen molar-refractivity contribution in [2.75, 3.05) is 5.73 Å². The van der Waals surface area contributed by atoms with Crippen LogP contribution in [-0.4, -0.2) is 23.0 Å². The second-order valence-corrected chi connectivity index (χ2v) is 5.56. The molecule has 1 aromatic rings. The van der Waals surface area contributed by atoms with E-state index in [4.69, 9.17) is 10.8 Å². The van der Waals surface area contributed by atoms with Gasteiger partial charge in [0.1, 0.15) is 6.04 Å². The molecule has 0 saturated heterocycles. The lowest BCUT2D eigenvalue weighted by Crippen LogP contribution is -2.46. The predicted octanol–water partition coefficient (Wildman–Crippen LogP) is 1.43. The first-order valence-electron chi connectivity index (χ1n) is 6.08. The third-order valence-electron chi connectivity index (χ3n) is 2.70. The molecule has 5 heteroatoms. The number of carboxylic acids is 1. The minimum atomic E-state index is -1.05. The lowest BCUT2D eigenvalue weighted by molar-refractivity contribution is -0.143. The molecule has 0 bridgehead atoms. The highest BCUT2D eigenvalue weighted by atomic mass is 16.4. The van der Waals surface area contributed by atoms with Crippen LogP contribution in [0.5, 0.6) is 0 Å². The van der Waals surface area contributed by atoms with E-state index in [1.54, 1.807) is 45.0 Å². The van der Waals surface area contributed by atoms with Crippen molar-refractivity contribution in [3.05, 3.63) is 29.8 Å². The molecule has 0 heterocycles. The van der Waals surface area contributed by atoms with Crippen LogP contribution in [-0.2, 0) is 16.0 Å². The van der Waals surface area contributed by atoms with Crippen molar-refractivity contribution in [1.82, 2.24) is 5.32 Å². The molecule has 0 fully saturated rings. The van der Waals surface area contributed by atoms with Crippen LogP contribution in [0.1, 0.15) is 26.3 Å². The molecular formula is C14H20N2O3. The Morgan fingerprint density at radius 3 is 2.21 bits per heavy atom. The summed E-state index contributed by atoms with van der Waals surface area (Å²) in [7, 11) is 0. The van der Waals surface area contributed by atoms with E-state index in [2.05, 4.69) is 5.32 Å². The van der Waals surface area contributed by atoms with Gasteiger partial charge in [-0.3, -0.25) is 4.79 Å². The second-order valence-electron chi connectivity index (χ2n) is 5.56. The molecule has 19 heavy (non-hydrogen) atoms. The molecule has 0 spiro atoms. The summed E-state index contributed by atoms with van der Waals surface area (Å²) in [5.74, 6) is -1.33. The quantitative estimate of drug-likeness (QED) is 0.717. The summed E-state index contributed by atoms with van der Waals surface area (Å²) in [6, 6.07) is 6.00. The molecule has 0 saturated carbocycles. The molecule has 0 aliphatic carbocycles. The third kappa shape index (κ3) is 4.62. The zero-order valence-electron chi connectivity index (χ0n) is 11.4. The first-order valence-corrected chi connectivity index (χ1v) is 6.08. The van der Waals surface area contributed by atoms with Gasteiger partial charge in [-0.25, -0.2) is 4.79 Å². The SMILES string of the molecule is CC(C)(C)C(=O)N[C@@H](Cc1ccc(N)cc1)C(=O)O. The molecule has 0 unspecified atom stereocenters. The van der Waals surface area contributed by atoms with Crippen molar-refractivity contribution < 1.29 is 14.7 Å². The van der Waals surface area contributed by atoms with Crippen molar-refractivity contribution in [2.45, 2.75) is 33.2 Å². The smallest absolute Gasteiger partial charge is 0.326 e. The Bertz CT molecular complexity index is 461. The number of aliphatic carboxylic acids is 1. The van der Waals surface area contributed by atoms with E-state index < -0.39 is 17.4 Å². The lowest BCUT2D eigenvalue weighted by atomic mass is 9.94. The summed E-state index contributed by atoms with van der Waals surface area (Å²) in [6.45, 7) is 5.22. The number of nitrogen functional groups attached to an aromatic ring is 1. The maximum absolute atomic E-state index is 11.8. The van der Waals surface area contributed by atoms with Crippen LogP contribution in [0, 0.1) is 5.41 Å². The minimum absolute atomic E-state index is 0.234. The van der Waals surface area contributed by atoms with Crippen LogP contribution in [0.15, 0.2) is 24.3 Å². The van der Waals surface area contributed by atoms with Crippen molar-refractivity contribution in [3.8, 4) is 0 Å². The van der Waals surface area contributed by atoms with E-state index in [0.717, 1.165) is 5.56 Å². The number of nitrogens with two attached hydrogens (primary N) is 1. The minimum Gasteiger partial charge on any atom is -0.480 e. The Kier molecular flexibility index (Phi) is 4.53. The number of benzene rings is 1. The molecule has 5 nitrogen and oxygen atoms in total. The number of hydrogen-bond acceptors (Lipinski definition) is 3. The van der Waals surface area contributed by atoms with Crippen molar-refractivity contribution in [2.24, 2.45) is 5.41 Å². The molecule has 104 valence electrons. The van der Waals surface area contributed by atoms with Crippen LogP contribution in [0.25, 0.3) is 0 Å². The van der Waals surface area contributed by atoms with Gasteiger partial charge in [0.25, 0.3) is 0 Å². The predicted molar refractivity (Wildman–Crippen MR) is 73.6 cm³/mol. The fraction of sp³-hybridized carbons (Fsp3) is 0.429. The van der Waals surface area contributed by atoms with Gasteiger partial charge in [-0.1, -0.05) is 32.9 Å². The van der Waals surface area contributed by atoms with Crippen LogP contribution in [0.4, 0.5) is 5.69 Å². The lowest BCUT2D eigenvalue weighted by Gasteiger charge is -2.22. The van der Waals surface area contributed by atoms with Gasteiger partial charge in [-0.15, -0.1) is 0 Å². The maximum atomic E-state index is 11.8.